The number of thioether (sulfide) groups is 1. The average molecular weight is 375 g/mol. The highest BCUT2D eigenvalue weighted by Gasteiger charge is 2.37. The van der Waals surface area contributed by atoms with Crippen molar-refractivity contribution >= 4 is 29.5 Å². The van der Waals surface area contributed by atoms with Gasteiger partial charge in [-0.2, -0.15) is 11.8 Å². The fourth-order valence-corrected chi connectivity index (χ4v) is 2.74. The molecule has 0 aromatic rings. The van der Waals surface area contributed by atoms with Gasteiger partial charge in [-0.1, -0.05) is 20.8 Å². The number of hydrogen-bond acceptors (Lipinski definition) is 5. The van der Waals surface area contributed by atoms with Crippen LogP contribution < -0.4 is 5.32 Å². The Morgan fingerprint density at radius 2 is 2.04 bits per heavy atom. The van der Waals surface area contributed by atoms with Gasteiger partial charge in [-0.05, 0) is 31.9 Å². The van der Waals surface area contributed by atoms with Gasteiger partial charge in [0.2, 0.25) is 17.7 Å². The second kappa shape index (κ2) is 14.1. The van der Waals surface area contributed by atoms with Crippen LogP contribution in [0, 0.1) is 5.92 Å². The summed E-state index contributed by atoms with van der Waals surface area (Å²) in [6.45, 7) is 11.0. The van der Waals surface area contributed by atoms with Crippen LogP contribution in [0.15, 0.2) is 0 Å². The van der Waals surface area contributed by atoms with Crippen LogP contribution in [0.25, 0.3) is 0 Å². The first-order valence-electron chi connectivity index (χ1n) is 9.08. The predicted octanol–water partition coefficient (Wildman–Crippen LogP) is 2.46. The summed E-state index contributed by atoms with van der Waals surface area (Å²) in [7, 11) is 0. The number of hydrogen-bond donors (Lipinski definition) is 1. The van der Waals surface area contributed by atoms with E-state index in [1.807, 2.05) is 20.1 Å². The first kappa shape index (κ1) is 23.9. The SMILES string of the molecule is CCCNC(=O)CCN1C(=O)CC(SC)C1=O.CCOCCC(C)C. The lowest BCUT2D eigenvalue weighted by Crippen LogP contribution is -2.35. The van der Waals surface area contributed by atoms with E-state index in [4.69, 9.17) is 4.74 Å². The Balaban J connectivity index is 0.000000609. The Morgan fingerprint density at radius 3 is 2.52 bits per heavy atom. The third-order valence-electron chi connectivity index (χ3n) is 3.67. The van der Waals surface area contributed by atoms with Gasteiger partial charge in [-0.15, -0.1) is 0 Å². The van der Waals surface area contributed by atoms with Crippen molar-refractivity contribution in [3.05, 3.63) is 0 Å². The minimum absolute atomic E-state index is 0.111. The molecule has 1 unspecified atom stereocenters. The van der Waals surface area contributed by atoms with Gasteiger partial charge in [0.25, 0.3) is 0 Å². The van der Waals surface area contributed by atoms with Crippen molar-refractivity contribution in [1.82, 2.24) is 10.2 Å². The van der Waals surface area contributed by atoms with Crippen LogP contribution in [0.3, 0.4) is 0 Å². The second-order valence-electron chi connectivity index (χ2n) is 6.29. The van der Waals surface area contributed by atoms with Gasteiger partial charge in [0, 0.05) is 39.1 Å². The highest BCUT2D eigenvalue weighted by Crippen LogP contribution is 2.22. The summed E-state index contributed by atoms with van der Waals surface area (Å²) >= 11 is 1.38. The normalized spacial score (nSPS) is 16.9. The average Bonchev–Trinajstić information content (AvgIpc) is 2.85. The number of carbonyl (C=O) groups excluding carboxylic acids is 3. The molecule has 25 heavy (non-hydrogen) atoms. The molecule has 3 amide bonds. The molecule has 1 fully saturated rings. The molecule has 1 aliphatic rings. The third kappa shape index (κ3) is 10.5. The lowest BCUT2D eigenvalue weighted by Gasteiger charge is -2.14. The van der Waals surface area contributed by atoms with Crippen molar-refractivity contribution in [3.63, 3.8) is 0 Å². The van der Waals surface area contributed by atoms with Crippen molar-refractivity contribution in [2.75, 3.05) is 32.6 Å². The smallest absolute Gasteiger partial charge is 0.242 e. The van der Waals surface area contributed by atoms with E-state index in [9.17, 15) is 14.4 Å². The highest BCUT2D eigenvalue weighted by atomic mass is 32.2. The molecule has 0 radical (unpaired) electrons. The van der Waals surface area contributed by atoms with Crippen LogP contribution in [-0.2, 0) is 19.1 Å². The molecule has 146 valence electrons. The van der Waals surface area contributed by atoms with E-state index < -0.39 is 0 Å². The maximum absolute atomic E-state index is 11.7. The fourth-order valence-electron chi connectivity index (χ4n) is 2.10. The zero-order valence-electron chi connectivity index (χ0n) is 16.3. The number of rotatable bonds is 10. The van der Waals surface area contributed by atoms with Crippen molar-refractivity contribution < 1.29 is 19.1 Å². The molecule has 1 aliphatic heterocycles. The summed E-state index contributed by atoms with van der Waals surface area (Å²) in [5.74, 6) is 0.338. The molecular formula is C18H34N2O4S. The van der Waals surface area contributed by atoms with E-state index in [-0.39, 0.29) is 42.4 Å². The van der Waals surface area contributed by atoms with Crippen LogP contribution in [0.2, 0.25) is 0 Å². The predicted molar refractivity (Wildman–Crippen MR) is 103 cm³/mol. The third-order valence-corrected chi connectivity index (χ3v) is 4.60. The standard InChI is InChI=1S/C11H18N2O3S.C7H16O/c1-3-5-12-9(14)4-6-13-10(15)7-8(17-2)11(13)16;1-4-8-6-5-7(2)3/h8H,3-7H2,1-2H3,(H,12,14);7H,4-6H2,1-3H3. The van der Waals surface area contributed by atoms with Crippen molar-refractivity contribution in [3.8, 4) is 0 Å². The molecule has 6 nitrogen and oxygen atoms in total. The van der Waals surface area contributed by atoms with Crippen molar-refractivity contribution in [1.29, 1.82) is 0 Å². The van der Waals surface area contributed by atoms with Gasteiger partial charge in [0.05, 0.1) is 5.25 Å². The van der Waals surface area contributed by atoms with Gasteiger partial charge in [-0.3, -0.25) is 19.3 Å². The van der Waals surface area contributed by atoms with Gasteiger partial charge >= 0.3 is 0 Å². The summed E-state index contributed by atoms with van der Waals surface area (Å²) in [5, 5.41) is 2.45. The van der Waals surface area contributed by atoms with Crippen LogP contribution in [-0.4, -0.2) is 60.4 Å². The number of nitrogens with zero attached hydrogens (tertiary/aromatic N) is 1. The Morgan fingerprint density at radius 1 is 1.36 bits per heavy atom. The molecule has 0 aromatic heterocycles. The monoisotopic (exact) mass is 374 g/mol. The largest absolute Gasteiger partial charge is 0.382 e. The molecule has 1 heterocycles. The maximum atomic E-state index is 11.7. The van der Waals surface area contributed by atoms with Crippen LogP contribution in [0.1, 0.15) is 53.4 Å². The Hall–Kier alpha value is -1.08. The number of imide groups is 1. The molecular weight excluding hydrogens is 340 g/mol. The molecule has 1 N–H and O–H groups in total. The Bertz CT molecular complexity index is 416. The van der Waals surface area contributed by atoms with E-state index in [0.717, 1.165) is 25.6 Å². The van der Waals surface area contributed by atoms with Crippen LogP contribution in [0.4, 0.5) is 0 Å². The van der Waals surface area contributed by atoms with Gasteiger partial charge in [0.1, 0.15) is 0 Å². The first-order chi connectivity index (χ1) is 11.9. The zero-order chi connectivity index (χ0) is 19.2. The number of carbonyl (C=O) groups is 3. The molecule has 0 aromatic carbocycles. The molecule has 1 rings (SSSR count). The van der Waals surface area contributed by atoms with Crippen molar-refractivity contribution in [2.24, 2.45) is 5.92 Å². The molecule has 0 aliphatic carbocycles. The molecule has 0 bridgehead atoms. The molecule has 0 spiro atoms. The van der Waals surface area contributed by atoms with E-state index in [1.165, 1.54) is 23.1 Å². The van der Waals surface area contributed by atoms with E-state index in [0.29, 0.717) is 6.54 Å². The number of likely N-dealkylation sites (tertiary alicyclic amines) is 1. The number of ether oxygens (including phenoxy) is 1. The van der Waals surface area contributed by atoms with E-state index in [2.05, 4.69) is 19.2 Å². The Labute approximate surface area is 156 Å². The topological polar surface area (TPSA) is 75.7 Å². The summed E-state index contributed by atoms with van der Waals surface area (Å²) in [6.07, 6.45) is 4.33. The summed E-state index contributed by atoms with van der Waals surface area (Å²) in [4.78, 5) is 35.8. The van der Waals surface area contributed by atoms with E-state index >= 15 is 0 Å². The van der Waals surface area contributed by atoms with Gasteiger partial charge in [0.15, 0.2) is 0 Å². The number of nitrogens with one attached hydrogen (secondary N) is 1. The molecule has 7 heteroatoms. The summed E-state index contributed by atoms with van der Waals surface area (Å²) in [6, 6.07) is 0. The van der Waals surface area contributed by atoms with Crippen molar-refractivity contribution in [2.45, 2.75) is 58.6 Å². The summed E-state index contributed by atoms with van der Waals surface area (Å²) < 4.78 is 5.14. The lowest BCUT2D eigenvalue weighted by molar-refractivity contribution is -0.138. The Kier molecular flexibility index (Phi) is 13.5. The van der Waals surface area contributed by atoms with Crippen LogP contribution in [0.5, 0.6) is 0 Å². The van der Waals surface area contributed by atoms with E-state index in [1.54, 1.807) is 0 Å². The first-order valence-corrected chi connectivity index (χ1v) is 10.4. The summed E-state index contributed by atoms with van der Waals surface area (Å²) in [5.41, 5.74) is 0. The highest BCUT2D eigenvalue weighted by molar-refractivity contribution is 8.00. The molecule has 1 saturated heterocycles. The fraction of sp³-hybridized carbons (Fsp3) is 0.833. The number of amides is 3. The zero-order valence-corrected chi connectivity index (χ0v) is 17.1. The minimum atomic E-state index is -0.263. The quantitative estimate of drug-likeness (QED) is 0.470. The molecule has 1 atom stereocenters. The lowest BCUT2D eigenvalue weighted by atomic mass is 10.1. The minimum Gasteiger partial charge on any atom is -0.382 e. The second-order valence-corrected chi connectivity index (χ2v) is 7.33. The van der Waals surface area contributed by atoms with Gasteiger partial charge in [-0.25, -0.2) is 0 Å². The maximum Gasteiger partial charge on any atom is 0.242 e. The van der Waals surface area contributed by atoms with Gasteiger partial charge < -0.3 is 10.1 Å². The molecule has 0 saturated carbocycles. The van der Waals surface area contributed by atoms with Crippen LogP contribution >= 0.6 is 11.8 Å².